The molecule has 0 radical (unpaired) electrons. The van der Waals surface area contributed by atoms with Crippen LogP contribution in [-0.4, -0.2) is 34.9 Å². The molecule has 1 aromatic heterocycles. The van der Waals surface area contributed by atoms with E-state index in [0.29, 0.717) is 0 Å². The van der Waals surface area contributed by atoms with E-state index in [0.717, 1.165) is 19.1 Å². The minimum atomic E-state index is 0.834. The Morgan fingerprint density at radius 2 is 2.11 bits per heavy atom. The third-order valence-electron chi connectivity index (χ3n) is 4.53. The van der Waals surface area contributed by atoms with Crippen molar-refractivity contribution in [3.8, 4) is 0 Å². The summed E-state index contributed by atoms with van der Waals surface area (Å²) >= 11 is 0. The summed E-state index contributed by atoms with van der Waals surface area (Å²) in [4.78, 5) is 7.45. The maximum absolute atomic E-state index is 4.83. The molecule has 2 heterocycles. The molecule has 18 heavy (non-hydrogen) atoms. The maximum Gasteiger partial charge on any atom is 0.139 e. The van der Waals surface area contributed by atoms with E-state index < -0.39 is 0 Å². The van der Waals surface area contributed by atoms with Crippen molar-refractivity contribution in [3.05, 3.63) is 24.0 Å². The Morgan fingerprint density at radius 3 is 2.89 bits per heavy atom. The number of benzene rings is 1. The van der Waals surface area contributed by atoms with Crippen molar-refractivity contribution in [3.63, 3.8) is 0 Å². The monoisotopic (exact) mass is 239 g/mol. The van der Waals surface area contributed by atoms with Gasteiger partial charge in [-0.1, -0.05) is 17.9 Å². The molecule has 1 fully saturated rings. The SMILES string of the molecule is Bc1ccc2c(c1)nc1n2CCN(C2CCC2)C1. The first-order valence-corrected chi connectivity index (χ1v) is 7.01. The third kappa shape index (κ3) is 1.52. The van der Waals surface area contributed by atoms with Gasteiger partial charge in [0, 0.05) is 19.1 Å². The highest BCUT2D eigenvalue weighted by atomic mass is 15.3. The summed E-state index contributed by atoms with van der Waals surface area (Å²) < 4.78 is 2.41. The lowest BCUT2D eigenvalue weighted by Gasteiger charge is -2.39. The Bertz CT molecular complexity index is 600. The van der Waals surface area contributed by atoms with Crippen LogP contribution in [0.2, 0.25) is 0 Å². The quantitative estimate of drug-likeness (QED) is 0.682. The summed E-state index contributed by atoms with van der Waals surface area (Å²) in [5, 5.41) is 0. The van der Waals surface area contributed by atoms with Crippen LogP contribution in [0.4, 0.5) is 0 Å². The van der Waals surface area contributed by atoms with Gasteiger partial charge < -0.3 is 4.57 Å². The normalized spacial score (nSPS) is 20.9. The van der Waals surface area contributed by atoms with Crippen molar-refractivity contribution >= 4 is 24.3 Å². The van der Waals surface area contributed by atoms with E-state index in [1.54, 1.807) is 0 Å². The van der Waals surface area contributed by atoms with Crippen molar-refractivity contribution in [1.29, 1.82) is 0 Å². The fraction of sp³-hybridized carbons (Fsp3) is 0.500. The van der Waals surface area contributed by atoms with Gasteiger partial charge in [0.2, 0.25) is 0 Å². The predicted molar refractivity (Wildman–Crippen MR) is 76.0 cm³/mol. The molecule has 0 saturated heterocycles. The molecule has 0 amide bonds. The molecule has 3 nitrogen and oxygen atoms in total. The molecule has 4 heteroatoms. The van der Waals surface area contributed by atoms with E-state index >= 15 is 0 Å². The molecule has 0 unspecified atom stereocenters. The Labute approximate surface area is 108 Å². The second-order valence-corrected chi connectivity index (χ2v) is 5.73. The van der Waals surface area contributed by atoms with Crippen molar-refractivity contribution in [2.24, 2.45) is 0 Å². The summed E-state index contributed by atoms with van der Waals surface area (Å²) in [7, 11) is 2.14. The number of rotatable bonds is 1. The number of hydrogen-bond acceptors (Lipinski definition) is 2. The molecule has 92 valence electrons. The van der Waals surface area contributed by atoms with Crippen LogP contribution in [0.1, 0.15) is 25.1 Å². The largest absolute Gasteiger partial charge is 0.326 e. The van der Waals surface area contributed by atoms with Gasteiger partial charge in [-0.15, -0.1) is 0 Å². The molecule has 0 spiro atoms. The highest BCUT2D eigenvalue weighted by Gasteiger charge is 2.29. The molecule has 0 N–H and O–H groups in total. The Morgan fingerprint density at radius 1 is 1.22 bits per heavy atom. The predicted octanol–water partition coefficient (Wildman–Crippen LogP) is 0.663. The molecule has 1 aromatic carbocycles. The van der Waals surface area contributed by atoms with Gasteiger partial charge in [0.15, 0.2) is 0 Å². The Balaban J connectivity index is 1.73. The van der Waals surface area contributed by atoms with Crippen LogP contribution >= 0.6 is 0 Å². The highest BCUT2D eigenvalue weighted by Crippen LogP contribution is 2.29. The molecular formula is C14H18BN3. The number of nitrogens with zero attached hydrogens (tertiary/aromatic N) is 3. The number of imidazole rings is 1. The zero-order chi connectivity index (χ0) is 12.1. The van der Waals surface area contributed by atoms with Crippen LogP contribution in [0.3, 0.4) is 0 Å². The molecule has 1 aliphatic heterocycles. The van der Waals surface area contributed by atoms with Gasteiger partial charge in [-0.25, -0.2) is 4.98 Å². The molecule has 2 aliphatic rings. The van der Waals surface area contributed by atoms with E-state index in [4.69, 9.17) is 4.98 Å². The summed E-state index contributed by atoms with van der Waals surface area (Å²) in [6.45, 7) is 3.33. The van der Waals surface area contributed by atoms with Gasteiger partial charge in [0.1, 0.15) is 13.7 Å². The van der Waals surface area contributed by atoms with Gasteiger partial charge in [0.05, 0.1) is 17.6 Å². The minimum absolute atomic E-state index is 0.834. The van der Waals surface area contributed by atoms with Gasteiger partial charge >= 0.3 is 0 Å². The summed E-state index contributed by atoms with van der Waals surface area (Å²) in [5.41, 5.74) is 3.78. The first kappa shape index (κ1) is 10.6. The van der Waals surface area contributed by atoms with E-state index in [-0.39, 0.29) is 0 Å². The molecule has 2 aromatic rings. The van der Waals surface area contributed by atoms with E-state index in [2.05, 4.69) is 35.5 Å². The van der Waals surface area contributed by atoms with Crippen LogP contribution in [0, 0.1) is 0 Å². The first-order valence-electron chi connectivity index (χ1n) is 7.01. The van der Waals surface area contributed by atoms with Crippen molar-refractivity contribution in [1.82, 2.24) is 14.5 Å². The molecule has 0 atom stereocenters. The molecule has 1 aliphatic carbocycles. The maximum atomic E-state index is 4.83. The Kier molecular flexibility index (Phi) is 2.27. The van der Waals surface area contributed by atoms with Crippen LogP contribution in [0.15, 0.2) is 18.2 Å². The van der Waals surface area contributed by atoms with E-state index in [9.17, 15) is 0 Å². The van der Waals surface area contributed by atoms with Gasteiger partial charge in [-0.05, 0) is 25.0 Å². The van der Waals surface area contributed by atoms with E-state index in [1.807, 2.05) is 0 Å². The molecule has 0 bridgehead atoms. The van der Waals surface area contributed by atoms with Crippen molar-refractivity contribution < 1.29 is 0 Å². The number of hydrogen-bond donors (Lipinski definition) is 0. The summed E-state index contributed by atoms with van der Waals surface area (Å²) in [5.74, 6) is 1.26. The third-order valence-corrected chi connectivity index (χ3v) is 4.53. The summed E-state index contributed by atoms with van der Waals surface area (Å²) in [6.07, 6.45) is 4.19. The molecule has 4 rings (SSSR count). The van der Waals surface area contributed by atoms with Gasteiger partial charge in [-0.3, -0.25) is 4.90 Å². The second-order valence-electron chi connectivity index (χ2n) is 5.73. The number of fused-ring (bicyclic) bond motifs is 3. The average Bonchev–Trinajstić information content (AvgIpc) is 2.62. The van der Waals surface area contributed by atoms with E-state index in [1.165, 1.54) is 48.1 Å². The molecule has 1 saturated carbocycles. The van der Waals surface area contributed by atoms with Gasteiger partial charge in [-0.2, -0.15) is 0 Å². The van der Waals surface area contributed by atoms with Gasteiger partial charge in [0.25, 0.3) is 0 Å². The topological polar surface area (TPSA) is 21.1 Å². The average molecular weight is 239 g/mol. The Hall–Kier alpha value is -1.29. The van der Waals surface area contributed by atoms with Crippen LogP contribution < -0.4 is 5.46 Å². The lowest BCUT2D eigenvalue weighted by atomic mass is 9.91. The van der Waals surface area contributed by atoms with Crippen LogP contribution in [-0.2, 0) is 13.1 Å². The zero-order valence-electron chi connectivity index (χ0n) is 10.9. The fourth-order valence-electron chi connectivity index (χ4n) is 3.21. The second kappa shape index (κ2) is 3.85. The highest BCUT2D eigenvalue weighted by molar-refractivity contribution is 6.33. The van der Waals surface area contributed by atoms with Crippen molar-refractivity contribution in [2.45, 2.75) is 38.4 Å². The fourth-order valence-corrected chi connectivity index (χ4v) is 3.21. The standard InChI is InChI=1S/C14H18BN3/c15-10-4-5-13-12(8-10)16-14-9-17(6-7-18(13)14)11-2-1-3-11/h4-5,8,11H,1-3,6-7,9,15H2. The van der Waals surface area contributed by atoms with Crippen LogP contribution in [0.25, 0.3) is 11.0 Å². The molecular weight excluding hydrogens is 221 g/mol. The lowest BCUT2D eigenvalue weighted by molar-refractivity contribution is 0.0966. The zero-order valence-corrected chi connectivity index (χ0v) is 10.9. The number of aromatic nitrogens is 2. The summed E-state index contributed by atoms with van der Waals surface area (Å²) in [6, 6.07) is 7.45. The first-order chi connectivity index (χ1) is 8.81. The lowest BCUT2D eigenvalue weighted by Crippen LogP contribution is -2.44. The minimum Gasteiger partial charge on any atom is -0.326 e. The van der Waals surface area contributed by atoms with Crippen molar-refractivity contribution in [2.75, 3.05) is 6.54 Å². The smallest absolute Gasteiger partial charge is 0.139 e. The van der Waals surface area contributed by atoms with Crippen LogP contribution in [0.5, 0.6) is 0 Å².